The molecule has 1 heterocycles. The number of rotatable bonds is 4. The lowest BCUT2D eigenvalue weighted by atomic mass is 10.2. The Bertz CT molecular complexity index is 592. The van der Waals surface area contributed by atoms with Gasteiger partial charge in [0.25, 0.3) is 0 Å². The van der Waals surface area contributed by atoms with Crippen molar-refractivity contribution in [1.82, 2.24) is 10.4 Å². The summed E-state index contributed by atoms with van der Waals surface area (Å²) in [7, 11) is 0. The fourth-order valence-corrected chi connectivity index (χ4v) is 2.16. The summed E-state index contributed by atoms with van der Waals surface area (Å²) in [5, 5.41) is 6.45. The Morgan fingerprint density at radius 2 is 2.21 bits per heavy atom. The molecule has 0 aliphatic heterocycles. The van der Waals surface area contributed by atoms with Crippen molar-refractivity contribution in [2.24, 2.45) is 5.10 Å². The highest BCUT2D eigenvalue weighted by Crippen LogP contribution is 2.08. The lowest BCUT2D eigenvalue weighted by Crippen LogP contribution is -2.19. The van der Waals surface area contributed by atoms with Gasteiger partial charge in [0.05, 0.1) is 12.6 Å². The predicted octanol–water partition coefficient (Wildman–Crippen LogP) is 2.28. The number of amides is 1. The molecule has 4 nitrogen and oxygen atoms in total. The maximum Gasteiger partial charge on any atom is 0.246 e. The third kappa shape index (κ3) is 4.26. The van der Waals surface area contributed by atoms with Gasteiger partial charge in [-0.3, -0.25) is 4.79 Å². The molecule has 1 aromatic carbocycles. The van der Waals surface area contributed by atoms with Crippen molar-refractivity contribution in [2.45, 2.75) is 13.3 Å². The van der Waals surface area contributed by atoms with Crippen LogP contribution in [0.4, 0.5) is 4.39 Å². The Hall–Kier alpha value is -2.08. The first kappa shape index (κ1) is 13.4. The van der Waals surface area contributed by atoms with Crippen LogP contribution in [0.5, 0.6) is 0 Å². The standard InChI is InChI=1S/C13H12FN3OS/c1-9-8-19-13(16-9)6-12(18)17-15-7-10-2-4-11(14)5-3-10/h2-5,7-8H,6H2,1H3,(H,17,18)/b15-7-. The number of carbonyl (C=O) groups excluding carboxylic acids is 1. The van der Waals surface area contributed by atoms with Gasteiger partial charge in [0.1, 0.15) is 10.8 Å². The smallest absolute Gasteiger partial charge is 0.246 e. The van der Waals surface area contributed by atoms with Crippen LogP contribution in [0.15, 0.2) is 34.7 Å². The van der Waals surface area contributed by atoms with E-state index in [1.165, 1.54) is 29.7 Å². The summed E-state index contributed by atoms with van der Waals surface area (Å²) < 4.78 is 12.7. The Kier molecular flexibility index (Phi) is 4.35. The SMILES string of the molecule is Cc1csc(CC(=O)N/N=C\c2ccc(F)cc2)n1. The molecule has 0 saturated carbocycles. The lowest BCUT2D eigenvalue weighted by Gasteiger charge is -1.97. The molecule has 0 fully saturated rings. The summed E-state index contributed by atoms with van der Waals surface area (Å²) >= 11 is 1.44. The third-order valence-corrected chi connectivity index (χ3v) is 3.22. The highest BCUT2D eigenvalue weighted by molar-refractivity contribution is 7.09. The Morgan fingerprint density at radius 3 is 2.84 bits per heavy atom. The maximum atomic E-state index is 12.7. The van der Waals surface area contributed by atoms with Crippen LogP contribution in [-0.4, -0.2) is 17.1 Å². The molecule has 2 rings (SSSR count). The molecule has 0 aliphatic rings. The van der Waals surface area contributed by atoms with Gasteiger partial charge in [-0.15, -0.1) is 11.3 Å². The van der Waals surface area contributed by atoms with Crippen LogP contribution in [0.2, 0.25) is 0 Å². The lowest BCUT2D eigenvalue weighted by molar-refractivity contribution is -0.120. The minimum Gasteiger partial charge on any atom is -0.273 e. The molecular weight excluding hydrogens is 265 g/mol. The van der Waals surface area contributed by atoms with Crippen LogP contribution in [0.1, 0.15) is 16.3 Å². The minimum atomic E-state index is -0.305. The van der Waals surface area contributed by atoms with Crippen LogP contribution in [0.3, 0.4) is 0 Å². The van der Waals surface area contributed by atoms with Crippen molar-refractivity contribution in [1.29, 1.82) is 0 Å². The van der Waals surface area contributed by atoms with Gasteiger partial charge in [-0.25, -0.2) is 14.8 Å². The van der Waals surface area contributed by atoms with Crippen molar-refractivity contribution >= 4 is 23.5 Å². The topological polar surface area (TPSA) is 54.4 Å². The third-order valence-electron chi connectivity index (χ3n) is 2.25. The highest BCUT2D eigenvalue weighted by Gasteiger charge is 2.05. The van der Waals surface area contributed by atoms with Crippen LogP contribution >= 0.6 is 11.3 Å². The summed E-state index contributed by atoms with van der Waals surface area (Å²) in [4.78, 5) is 15.7. The molecule has 19 heavy (non-hydrogen) atoms. The number of hydrogen-bond donors (Lipinski definition) is 1. The zero-order valence-corrected chi connectivity index (χ0v) is 11.1. The maximum absolute atomic E-state index is 12.7. The molecule has 0 unspecified atom stereocenters. The van der Waals surface area contributed by atoms with Gasteiger partial charge in [-0.1, -0.05) is 12.1 Å². The summed E-state index contributed by atoms with van der Waals surface area (Å²) in [6.45, 7) is 1.88. The molecular formula is C13H12FN3OS. The second-order valence-electron chi connectivity index (χ2n) is 3.90. The average Bonchev–Trinajstić information content (AvgIpc) is 2.77. The van der Waals surface area contributed by atoms with Crippen LogP contribution < -0.4 is 5.43 Å². The summed E-state index contributed by atoms with van der Waals surface area (Å²) in [6, 6.07) is 5.83. The van der Waals surface area contributed by atoms with Gasteiger partial charge in [-0.05, 0) is 24.6 Å². The monoisotopic (exact) mass is 277 g/mol. The van der Waals surface area contributed by atoms with Gasteiger partial charge in [0.2, 0.25) is 5.91 Å². The van der Waals surface area contributed by atoms with Crippen LogP contribution in [0, 0.1) is 12.7 Å². The zero-order chi connectivity index (χ0) is 13.7. The molecule has 0 saturated heterocycles. The van der Waals surface area contributed by atoms with Crippen LogP contribution in [0.25, 0.3) is 0 Å². The summed E-state index contributed by atoms with van der Waals surface area (Å²) in [5.74, 6) is -0.534. The number of aryl methyl sites for hydroxylation is 1. The minimum absolute atomic E-state index is 0.208. The second kappa shape index (κ2) is 6.19. The molecule has 0 spiro atoms. The number of halogens is 1. The first-order valence-corrected chi connectivity index (χ1v) is 6.50. The van der Waals surface area contributed by atoms with E-state index >= 15 is 0 Å². The Morgan fingerprint density at radius 1 is 1.47 bits per heavy atom. The van der Waals surface area contributed by atoms with E-state index in [9.17, 15) is 9.18 Å². The van der Waals surface area contributed by atoms with Crippen molar-refractivity contribution in [2.75, 3.05) is 0 Å². The molecule has 98 valence electrons. The first-order valence-electron chi connectivity index (χ1n) is 5.62. The van der Waals surface area contributed by atoms with E-state index in [1.807, 2.05) is 12.3 Å². The van der Waals surface area contributed by atoms with Crippen molar-refractivity contribution in [3.63, 3.8) is 0 Å². The van der Waals surface area contributed by atoms with Crippen molar-refractivity contribution < 1.29 is 9.18 Å². The fourth-order valence-electron chi connectivity index (χ4n) is 1.39. The second-order valence-corrected chi connectivity index (χ2v) is 4.85. The van der Waals surface area contributed by atoms with E-state index in [1.54, 1.807) is 12.1 Å². The predicted molar refractivity (Wildman–Crippen MR) is 72.7 cm³/mol. The molecule has 0 atom stereocenters. The van der Waals surface area contributed by atoms with Crippen molar-refractivity contribution in [3.05, 3.63) is 51.7 Å². The molecule has 0 radical (unpaired) electrons. The fraction of sp³-hybridized carbons (Fsp3) is 0.154. The molecule has 2 aromatic rings. The molecule has 1 aromatic heterocycles. The number of hydrogen-bond acceptors (Lipinski definition) is 4. The summed E-state index contributed by atoms with van der Waals surface area (Å²) in [6.07, 6.45) is 1.67. The number of nitrogens with one attached hydrogen (secondary N) is 1. The summed E-state index contributed by atoms with van der Waals surface area (Å²) in [5.41, 5.74) is 4.03. The van der Waals surface area contributed by atoms with Gasteiger partial charge in [-0.2, -0.15) is 5.10 Å². The Labute approximate surface area is 114 Å². The molecule has 0 aliphatic carbocycles. The molecule has 6 heteroatoms. The average molecular weight is 277 g/mol. The van der Waals surface area contributed by atoms with E-state index < -0.39 is 0 Å². The zero-order valence-electron chi connectivity index (χ0n) is 10.3. The van der Waals surface area contributed by atoms with Gasteiger partial charge in [0.15, 0.2) is 0 Å². The van der Waals surface area contributed by atoms with Crippen molar-refractivity contribution in [3.8, 4) is 0 Å². The molecule has 0 bridgehead atoms. The number of carbonyl (C=O) groups is 1. The quantitative estimate of drug-likeness (QED) is 0.688. The normalized spacial score (nSPS) is 10.8. The number of aromatic nitrogens is 1. The largest absolute Gasteiger partial charge is 0.273 e. The number of thiazole rings is 1. The van der Waals surface area contributed by atoms with E-state index in [0.29, 0.717) is 5.56 Å². The van der Waals surface area contributed by atoms with E-state index in [2.05, 4.69) is 15.5 Å². The Balaban J connectivity index is 1.84. The molecule has 1 N–H and O–H groups in total. The first-order chi connectivity index (χ1) is 9.13. The van der Waals surface area contributed by atoms with Gasteiger partial charge >= 0.3 is 0 Å². The number of benzene rings is 1. The van der Waals surface area contributed by atoms with Crippen LogP contribution in [-0.2, 0) is 11.2 Å². The van der Waals surface area contributed by atoms with E-state index in [4.69, 9.17) is 0 Å². The highest BCUT2D eigenvalue weighted by atomic mass is 32.1. The van der Waals surface area contributed by atoms with E-state index in [0.717, 1.165) is 10.7 Å². The number of hydrazone groups is 1. The number of nitrogens with zero attached hydrogens (tertiary/aromatic N) is 2. The molecule has 1 amide bonds. The van der Waals surface area contributed by atoms with Gasteiger partial charge < -0.3 is 0 Å². The van der Waals surface area contributed by atoms with Gasteiger partial charge in [0, 0.05) is 11.1 Å². The van der Waals surface area contributed by atoms with E-state index in [-0.39, 0.29) is 18.1 Å².